The standard InChI is InChI=1S/C18H17N3O4/c1-24-12-6-8-13(9-7-12)25-11-17(22)19-10-16-14-4-2-3-5-15(14)18(23)21-20-16/h2-9,16H,10-11H2,1H3,(H,19,22). The van der Waals surface area contributed by atoms with Gasteiger partial charge in [-0.15, -0.1) is 5.11 Å². The molecule has 2 aromatic rings. The number of rotatable bonds is 6. The van der Waals surface area contributed by atoms with Crippen molar-refractivity contribution in [3.63, 3.8) is 0 Å². The Morgan fingerprint density at radius 1 is 1.12 bits per heavy atom. The summed E-state index contributed by atoms with van der Waals surface area (Å²) >= 11 is 0. The van der Waals surface area contributed by atoms with E-state index in [0.29, 0.717) is 17.1 Å². The zero-order valence-corrected chi connectivity index (χ0v) is 13.6. The molecule has 25 heavy (non-hydrogen) atoms. The zero-order valence-electron chi connectivity index (χ0n) is 13.6. The van der Waals surface area contributed by atoms with E-state index in [1.807, 2.05) is 12.1 Å². The fraction of sp³-hybridized carbons (Fsp3) is 0.222. The highest BCUT2D eigenvalue weighted by molar-refractivity contribution is 5.97. The van der Waals surface area contributed by atoms with E-state index in [1.54, 1.807) is 43.5 Å². The number of ether oxygens (including phenoxy) is 2. The van der Waals surface area contributed by atoms with E-state index in [-0.39, 0.29) is 31.0 Å². The molecule has 1 atom stereocenters. The number of carbonyl (C=O) groups is 2. The highest BCUT2D eigenvalue weighted by atomic mass is 16.5. The molecule has 0 spiro atoms. The van der Waals surface area contributed by atoms with Gasteiger partial charge in [0, 0.05) is 12.1 Å². The maximum absolute atomic E-state index is 12.0. The summed E-state index contributed by atoms with van der Waals surface area (Å²) < 4.78 is 10.5. The summed E-state index contributed by atoms with van der Waals surface area (Å²) in [6, 6.07) is 13.7. The summed E-state index contributed by atoms with van der Waals surface area (Å²) in [5.41, 5.74) is 1.28. The summed E-state index contributed by atoms with van der Waals surface area (Å²) in [5, 5.41) is 10.3. The second-order valence-electron chi connectivity index (χ2n) is 5.39. The van der Waals surface area contributed by atoms with Crippen molar-refractivity contribution < 1.29 is 19.1 Å². The average molecular weight is 339 g/mol. The number of hydrogen-bond donors (Lipinski definition) is 1. The predicted octanol–water partition coefficient (Wildman–Crippen LogP) is 2.54. The first-order valence-corrected chi connectivity index (χ1v) is 7.75. The number of hydrogen-bond acceptors (Lipinski definition) is 5. The molecule has 1 heterocycles. The van der Waals surface area contributed by atoms with Gasteiger partial charge in [0.15, 0.2) is 6.61 Å². The Morgan fingerprint density at radius 3 is 2.60 bits per heavy atom. The minimum absolute atomic E-state index is 0.114. The molecule has 1 unspecified atom stereocenters. The van der Waals surface area contributed by atoms with E-state index in [9.17, 15) is 9.59 Å². The quantitative estimate of drug-likeness (QED) is 0.876. The van der Waals surface area contributed by atoms with E-state index in [1.165, 1.54) is 0 Å². The molecule has 0 fully saturated rings. The third-order valence-electron chi connectivity index (χ3n) is 3.76. The lowest BCUT2D eigenvalue weighted by Crippen LogP contribution is -2.33. The molecule has 128 valence electrons. The van der Waals surface area contributed by atoms with E-state index in [0.717, 1.165) is 5.56 Å². The second kappa shape index (κ2) is 7.57. The summed E-state index contributed by atoms with van der Waals surface area (Å²) in [6.45, 7) is 0.134. The van der Waals surface area contributed by atoms with Crippen LogP contribution in [0, 0.1) is 0 Å². The van der Waals surface area contributed by atoms with Crippen LogP contribution in [0.25, 0.3) is 0 Å². The monoisotopic (exact) mass is 339 g/mol. The van der Waals surface area contributed by atoms with Gasteiger partial charge in [-0.05, 0) is 35.9 Å². The molecule has 0 bridgehead atoms. The Balaban J connectivity index is 1.52. The first-order valence-electron chi connectivity index (χ1n) is 7.75. The number of amides is 2. The Bertz CT molecular complexity index is 802. The number of nitrogens with one attached hydrogen (secondary N) is 1. The number of methoxy groups -OCH3 is 1. The molecular weight excluding hydrogens is 322 g/mol. The van der Waals surface area contributed by atoms with Gasteiger partial charge in [0.1, 0.15) is 17.5 Å². The third kappa shape index (κ3) is 4.00. The molecule has 1 aliphatic rings. The van der Waals surface area contributed by atoms with Crippen molar-refractivity contribution in [2.24, 2.45) is 10.2 Å². The molecule has 3 rings (SSSR count). The van der Waals surface area contributed by atoms with E-state index < -0.39 is 0 Å². The van der Waals surface area contributed by atoms with Gasteiger partial charge in [0.25, 0.3) is 11.8 Å². The lowest BCUT2D eigenvalue weighted by Gasteiger charge is -2.18. The van der Waals surface area contributed by atoms with Gasteiger partial charge in [-0.3, -0.25) is 9.59 Å². The normalized spacial score (nSPS) is 15.4. The van der Waals surface area contributed by atoms with Crippen molar-refractivity contribution in [2.45, 2.75) is 6.04 Å². The fourth-order valence-corrected chi connectivity index (χ4v) is 2.45. The highest BCUT2D eigenvalue weighted by Gasteiger charge is 2.23. The van der Waals surface area contributed by atoms with Gasteiger partial charge in [-0.1, -0.05) is 18.2 Å². The Hall–Kier alpha value is -3.22. The minimum atomic E-state index is -0.376. The van der Waals surface area contributed by atoms with E-state index in [4.69, 9.17) is 9.47 Å². The predicted molar refractivity (Wildman–Crippen MR) is 89.9 cm³/mol. The van der Waals surface area contributed by atoms with E-state index >= 15 is 0 Å². The molecule has 0 saturated heterocycles. The van der Waals surface area contributed by atoms with Gasteiger partial charge < -0.3 is 14.8 Å². The third-order valence-corrected chi connectivity index (χ3v) is 3.76. The SMILES string of the molecule is COc1ccc(OCC(=O)NCC2N=NC(=O)c3ccccc32)cc1. The van der Waals surface area contributed by atoms with Gasteiger partial charge in [0.2, 0.25) is 0 Å². The number of nitrogens with zero attached hydrogens (tertiary/aromatic N) is 2. The first-order chi connectivity index (χ1) is 12.2. The largest absolute Gasteiger partial charge is 0.497 e. The summed E-state index contributed by atoms with van der Waals surface area (Å²) in [5.74, 6) is 0.651. The van der Waals surface area contributed by atoms with Crippen LogP contribution in [0.15, 0.2) is 58.8 Å². The maximum Gasteiger partial charge on any atom is 0.295 e. The van der Waals surface area contributed by atoms with Crippen LogP contribution in [0.3, 0.4) is 0 Å². The average Bonchev–Trinajstić information content (AvgIpc) is 2.66. The minimum Gasteiger partial charge on any atom is -0.497 e. The van der Waals surface area contributed by atoms with Crippen LogP contribution in [0.5, 0.6) is 11.5 Å². The molecular formula is C18H17N3O4. The maximum atomic E-state index is 12.0. The van der Waals surface area contributed by atoms with Crippen LogP contribution in [0.1, 0.15) is 22.0 Å². The van der Waals surface area contributed by atoms with Crippen molar-refractivity contribution >= 4 is 11.8 Å². The van der Waals surface area contributed by atoms with Crippen LogP contribution < -0.4 is 14.8 Å². The first kappa shape index (κ1) is 16.6. The van der Waals surface area contributed by atoms with Crippen molar-refractivity contribution in [3.8, 4) is 11.5 Å². The molecule has 7 heteroatoms. The van der Waals surface area contributed by atoms with Gasteiger partial charge in [-0.25, -0.2) is 0 Å². The Kier molecular flexibility index (Phi) is 5.03. The molecule has 1 N–H and O–H groups in total. The fourth-order valence-electron chi connectivity index (χ4n) is 2.45. The second-order valence-corrected chi connectivity index (χ2v) is 5.39. The van der Waals surface area contributed by atoms with Crippen LogP contribution in [-0.4, -0.2) is 32.1 Å². The molecule has 2 aromatic carbocycles. The molecule has 0 aromatic heterocycles. The number of azo groups is 1. The molecule has 0 saturated carbocycles. The van der Waals surface area contributed by atoms with Gasteiger partial charge >= 0.3 is 0 Å². The van der Waals surface area contributed by atoms with E-state index in [2.05, 4.69) is 15.5 Å². The van der Waals surface area contributed by atoms with Crippen molar-refractivity contribution in [1.29, 1.82) is 0 Å². The lowest BCUT2D eigenvalue weighted by atomic mass is 9.99. The Labute approximate surface area is 144 Å². The summed E-state index contributed by atoms with van der Waals surface area (Å²) in [7, 11) is 1.58. The molecule has 0 radical (unpaired) electrons. The number of benzene rings is 2. The highest BCUT2D eigenvalue weighted by Crippen LogP contribution is 2.26. The Morgan fingerprint density at radius 2 is 1.84 bits per heavy atom. The molecule has 7 nitrogen and oxygen atoms in total. The van der Waals surface area contributed by atoms with Crippen molar-refractivity contribution in [1.82, 2.24) is 5.32 Å². The van der Waals surface area contributed by atoms with Crippen molar-refractivity contribution in [3.05, 3.63) is 59.7 Å². The molecule has 2 amide bonds. The van der Waals surface area contributed by atoms with Gasteiger partial charge in [0.05, 0.1) is 7.11 Å². The number of carbonyl (C=O) groups excluding carboxylic acids is 2. The van der Waals surface area contributed by atoms with Crippen LogP contribution in [0.4, 0.5) is 0 Å². The molecule has 1 aliphatic heterocycles. The number of fused-ring (bicyclic) bond motifs is 1. The van der Waals surface area contributed by atoms with Crippen LogP contribution in [-0.2, 0) is 4.79 Å². The smallest absolute Gasteiger partial charge is 0.295 e. The summed E-state index contributed by atoms with van der Waals surface area (Å²) in [4.78, 5) is 23.7. The zero-order chi connectivity index (χ0) is 17.6. The van der Waals surface area contributed by atoms with Crippen LogP contribution >= 0.6 is 0 Å². The summed E-state index contributed by atoms with van der Waals surface area (Å²) in [6.07, 6.45) is 0. The van der Waals surface area contributed by atoms with Crippen molar-refractivity contribution in [2.75, 3.05) is 20.3 Å². The molecule has 0 aliphatic carbocycles. The topological polar surface area (TPSA) is 89.3 Å². The van der Waals surface area contributed by atoms with Gasteiger partial charge in [-0.2, -0.15) is 5.11 Å². The van der Waals surface area contributed by atoms with Crippen LogP contribution in [0.2, 0.25) is 0 Å². The lowest BCUT2D eigenvalue weighted by molar-refractivity contribution is -0.123.